The summed E-state index contributed by atoms with van der Waals surface area (Å²) in [6.07, 6.45) is 0. The van der Waals surface area contributed by atoms with Crippen LogP contribution in [-0.2, 0) is 47.0 Å². The molecule has 0 saturated heterocycles. The zero-order valence-electron chi connectivity index (χ0n) is 29.0. The van der Waals surface area contributed by atoms with Crippen LogP contribution in [-0.4, -0.2) is 57.3 Å². The molecule has 4 aromatic rings. The van der Waals surface area contributed by atoms with Gasteiger partial charge in [0.05, 0.1) is 32.0 Å². The summed E-state index contributed by atoms with van der Waals surface area (Å²) in [5.74, 6) is -2.10. The SMILES string of the molecule is CC1=NN(c2cccc(Cl)c2)C(=O)C1N=Nc1cc(Cl)c(S(N)(=O)=O)cc1[O-].CC1=[NH+]N(c2cccc(Cl)c2)C(=O)C1N=Nc1cc(Cl)c(S([NH3+])(=O)=O)cc1O.[Cr]. The molecule has 25 heteroatoms. The minimum Gasteiger partial charge on any atom is -0.871 e. The third-order valence-corrected chi connectivity index (χ3v) is 10.9. The van der Waals surface area contributed by atoms with E-state index in [1.165, 1.54) is 5.01 Å². The van der Waals surface area contributed by atoms with Crippen molar-refractivity contribution in [3.63, 3.8) is 0 Å². The maximum atomic E-state index is 12.7. The Bertz CT molecular complexity index is 2450. The number of anilines is 2. The summed E-state index contributed by atoms with van der Waals surface area (Å²) in [5.41, 5.74) is 1.54. The number of carbonyl (C=O) groups is 2. The van der Waals surface area contributed by atoms with Gasteiger partial charge in [-0.1, -0.05) is 69.3 Å². The van der Waals surface area contributed by atoms with Gasteiger partial charge >= 0.3 is 15.9 Å². The van der Waals surface area contributed by atoms with Crippen molar-refractivity contribution < 1.29 is 64.2 Å². The van der Waals surface area contributed by atoms with E-state index in [0.717, 1.165) is 29.3 Å². The van der Waals surface area contributed by atoms with E-state index in [4.69, 9.17) is 51.5 Å². The van der Waals surface area contributed by atoms with E-state index < -0.39 is 60.3 Å². The zero-order valence-corrected chi connectivity index (χ0v) is 35.0. The number of hydrogen-bond acceptors (Lipinski definition) is 13. The predicted molar refractivity (Wildman–Crippen MR) is 205 cm³/mol. The normalized spacial score (nSPS) is 17.1. The van der Waals surface area contributed by atoms with Crippen molar-refractivity contribution in [3.8, 4) is 11.5 Å². The minimum absolute atomic E-state index is 0. The third-order valence-electron chi connectivity index (χ3n) is 7.61. The third kappa shape index (κ3) is 10.5. The largest absolute Gasteiger partial charge is 0.871 e. The van der Waals surface area contributed by atoms with E-state index in [1.54, 1.807) is 62.4 Å². The standard InChI is InChI=1S/2C16H13Cl2N5O4S.Cr/c2*1-8-15(16(25)23(22-8)10-4-2-3-9(17)5-10)21-20-12-6-11(18)14(7-13(12)24)28(19,26)27;/h2*2-7,15,24H,1H3,(H2,19,26,27);/p+1. The molecule has 2 aliphatic rings. The molecule has 18 nitrogen and oxygen atoms in total. The molecule has 0 bridgehead atoms. The van der Waals surface area contributed by atoms with Crippen LogP contribution in [0.3, 0.4) is 0 Å². The molecule has 2 aliphatic heterocycles. The number of nitrogens with zero attached hydrogens (tertiary/aromatic N) is 7. The number of phenols is 1. The zero-order chi connectivity index (χ0) is 41.3. The second-order valence-electron chi connectivity index (χ2n) is 11.7. The molecule has 57 heavy (non-hydrogen) atoms. The van der Waals surface area contributed by atoms with Crippen molar-refractivity contribution in [2.24, 2.45) is 30.7 Å². The van der Waals surface area contributed by atoms with Gasteiger partial charge in [0.1, 0.15) is 22.0 Å². The number of nitrogens with one attached hydrogen (secondary N) is 1. The molecular formula is C32H27Cl4CrN10O8S2+. The second kappa shape index (κ2) is 17.9. The molecule has 0 fully saturated rings. The molecule has 0 aliphatic carbocycles. The van der Waals surface area contributed by atoms with Gasteiger partial charge in [-0.2, -0.15) is 39.0 Å². The van der Waals surface area contributed by atoms with Crippen molar-refractivity contribution in [2.75, 3.05) is 10.0 Å². The summed E-state index contributed by atoms with van der Waals surface area (Å²) < 4.78 is 45.8. The summed E-state index contributed by atoms with van der Waals surface area (Å²) in [6, 6.07) is 15.1. The Morgan fingerprint density at radius 2 is 1.35 bits per heavy atom. The fourth-order valence-electron chi connectivity index (χ4n) is 4.94. The van der Waals surface area contributed by atoms with E-state index in [0.29, 0.717) is 32.8 Å². The number of quaternary nitrogens is 1. The first-order chi connectivity index (χ1) is 26.1. The van der Waals surface area contributed by atoms with Crippen molar-refractivity contribution in [2.45, 2.75) is 35.7 Å². The predicted octanol–water partition coefficient (Wildman–Crippen LogP) is 3.17. The van der Waals surface area contributed by atoms with Crippen LogP contribution in [0.4, 0.5) is 22.7 Å². The maximum absolute atomic E-state index is 12.7. The molecule has 0 saturated carbocycles. The first-order valence-electron chi connectivity index (χ1n) is 15.5. The van der Waals surface area contributed by atoms with Crippen LogP contribution in [0.25, 0.3) is 0 Å². The molecule has 2 heterocycles. The second-order valence-corrected chi connectivity index (χ2v) is 16.6. The van der Waals surface area contributed by atoms with Gasteiger partial charge in [-0.15, -0.1) is 5.10 Å². The molecule has 0 spiro atoms. The number of hydrogen-bond donors (Lipinski definition) is 4. The number of rotatable bonds is 8. The average Bonchev–Trinajstić information content (AvgIpc) is 3.56. The van der Waals surface area contributed by atoms with Gasteiger partial charge in [-0.05, 0) is 61.5 Å². The Labute approximate surface area is 355 Å². The summed E-state index contributed by atoms with van der Waals surface area (Å²) >= 11 is 23.7. The molecule has 2 amide bonds. The Balaban J connectivity index is 0.000000248. The number of primary sulfonamides is 1. The van der Waals surface area contributed by atoms with Gasteiger partial charge in [0, 0.05) is 40.4 Å². The van der Waals surface area contributed by atoms with E-state index in [2.05, 4.69) is 35.8 Å². The van der Waals surface area contributed by atoms with Gasteiger partial charge in [0.25, 0.3) is 5.91 Å². The number of nitrogens with two attached hydrogens (primary N) is 1. The van der Waals surface area contributed by atoms with E-state index in [-0.39, 0.29) is 43.7 Å². The smallest absolute Gasteiger partial charge is 0.324 e. The van der Waals surface area contributed by atoms with Gasteiger partial charge in [-0.25, -0.2) is 18.7 Å². The Morgan fingerprint density at radius 1 is 0.807 bits per heavy atom. The van der Waals surface area contributed by atoms with Crippen molar-refractivity contribution >= 4 is 112 Å². The maximum Gasteiger partial charge on any atom is 0.324 e. The summed E-state index contributed by atoms with van der Waals surface area (Å²) in [4.78, 5) is 24.4. The molecule has 0 aromatic heterocycles. The molecule has 2 unspecified atom stereocenters. The van der Waals surface area contributed by atoms with Crippen LogP contribution in [0.1, 0.15) is 13.8 Å². The number of azo groups is 2. The quantitative estimate of drug-likeness (QED) is 0.190. The van der Waals surface area contributed by atoms with E-state index in [1.807, 2.05) is 0 Å². The fraction of sp³-hybridized carbons (Fsp3) is 0.125. The van der Waals surface area contributed by atoms with Crippen LogP contribution in [0.2, 0.25) is 20.1 Å². The topological polar surface area (TPSA) is 282 Å². The number of aromatic hydroxyl groups is 1. The van der Waals surface area contributed by atoms with Crippen molar-refractivity contribution in [1.29, 1.82) is 0 Å². The first-order valence-corrected chi connectivity index (χ1v) is 20.2. The van der Waals surface area contributed by atoms with Crippen LogP contribution in [0, 0.1) is 0 Å². The Morgan fingerprint density at radius 3 is 1.95 bits per heavy atom. The Hall–Kier alpha value is -4.53. The van der Waals surface area contributed by atoms with Crippen molar-refractivity contribution in [1.82, 2.24) is 0 Å². The van der Waals surface area contributed by atoms with Crippen molar-refractivity contribution in [3.05, 3.63) is 92.9 Å². The van der Waals surface area contributed by atoms with E-state index in [9.17, 15) is 36.6 Å². The number of sulfonamides is 2. The van der Waals surface area contributed by atoms with Gasteiger partial charge in [-0.3, -0.25) is 9.59 Å². The minimum atomic E-state index is -4.16. The molecule has 7 N–H and O–H groups in total. The molecule has 298 valence electrons. The van der Waals surface area contributed by atoms with Gasteiger partial charge in [0.15, 0.2) is 6.04 Å². The number of hydrazone groups is 2. The Kier molecular flexibility index (Phi) is 14.2. The monoisotopic (exact) mass is 935 g/mol. The first kappa shape index (κ1) is 45.2. The van der Waals surface area contributed by atoms with Crippen LogP contribution in [0.5, 0.6) is 11.5 Å². The van der Waals surface area contributed by atoms with Gasteiger partial charge in [0.2, 0.25) is 21.8 Å². The summed E-state index contributed by atoms with van der Waals surface area (Å²) in [7, 11) is -8.02. The number of hydrazine groups is 1. The number of benzene rings is 4. The van der Waals surface area contributed by atoms with Crippen LogP contribution < -0.4 is 30.5 Å². The van der Waals surface area contributed by atoms with Crippen LogP contribution >= 0.6 is 46.4 Å². The molecule has 4 aromatic carbocycles. The average molecular weight is 938 g/mol. The molecular weight excluding hydrogens is 910 g/mol. The van der Waals surface area contributed by atoms with Gasteiger partial charge < -0.3 is 10.2 Å². The van der Waals surface area contributed by atoms with Crippen LogP contribution in [0.15, 0.2) is 108 Å². The summed E-state index contributed by atoms with van der Waals surface area (Å²) in [5, 5.41) is 55.4. The summed E-state index contributed by atoms with van der Waals surface area (Å²) in [6.45, 7) is 3.25. The molecule has 2 atom stereocenters. The molecule has 0 radical (unpaired) electrons. The fourth-order valence-corrected chi connectivity index (χ4v) is 7.55. The number of halogens is 4. The number of amides is 2. The number of carbonyl (C=O) groups excluding carboxylic acids is 2. The molecule has 6 rings (SSSR count). The van der Waals surface area contributed by atoms with E-state index >= 15 is 0 Å². The number of phenolic OH excluding ortho intramolecular Hbond substituents is 1.